The minimum absolute atomic E-state index is 0.291. The molecule has 3 nitrogen and oxygen atoms in total. The van der Waals surface area contributed by atoms with Gasteiger partial charge in [-0.15, -0.1) is 45.3 Å². The molecule has 0 aliphatic rings. The maximum atomic E-state index is 13.1. The van der Waals surface area contributed by atoms with Crippen LogP contribution in [0.5, 0.6) is 0 Å². The minimum Gasteiger partial charge on any atom is -0.309 e. The molecule has 1 aromatic carbocycles. The van der Waals surface area contributed by atoms with Crippen LogP contribution < -0.4 is 0 Å². The SMILES string of the molecule is CCOP(=O)(Cc1ccc(-c2c3cc(Br)sc3c(-c3ccc(C)s3)c3cc(Br)sc23)s1)OCC. The van der Waals surface area contributed by atoms with Gasteiger partial charge in [0.15, 0.2) is 0 Å². The van der Waals surface area contributed by atoms with Gasteiger partial charge >= 0.3 is 7.60 Å². The Bertz CT molecular complexity index is 1480. The summed E-state index contributed by atoms with van der Waals surface area (Å²) in [4.78, 5) is 4.77. The number of hydrogen-bond donors (Lipinski definition) is 0. The smallest absolute Gasteiger partial charge is 0.309 e. The number of hydrogen-bond acceptors (Lipinski definition) is 7. The Hall–Kier alpha value is -0.350. The van der Waals surface area contributed by atoms with Crippen LogP contribution in [0.2, 0.25) is 0 Å². The Morgan fingerprint density at radius 3 is 1.82 bits per heavy atom. The van der Waals surface area contributed by atoms with Crippen molar-refractivity contribution in [1.82, 2.24) is 0 Å². The second-order valence-electron chi connectivity index (χ2n) is 7.62. The van der Waals surface area contributed by atoms with Crippen molar-refractivity contribution in [2.75, 3.05) is 13.2 Å². The summed E-state index contributed by atoms with van der Waals surface area (Å²) in [5.74, 6) is 0. The summed E-state index contributed by atoms with van der Waals surface area (Å²) in [6, 6.07) is 13.1. The molecule has 0 bridgehead atoms. The first kappa shape index (κ1) is 25.3. The average Bonchev–Trinajstić information content (AvgIpc) is 3.54. The summed E-state index contributed by atoms with van der Waals surface area (Å²) in [7, 11) is -3.15. The van der Waals surface area contributed by atoms with Crippen LogP contribution in [-0.2, 0) is 19.8 Å². The highest BCUT2D eigenvalue weighted by atomic mass is 79.9. The zero-order chi connectivity index (χ0) is 24.0. The quantitative estimate of drug-likeness (QED) is 0.154. The van der Waals surface area contributed by atoms with Gasteiger partial charge in [-0.3, -0.25) is 4.57 Å². The molecule has 0 radical (unpaired) electrons. The highest BCUT2D eigenvalue weighted by Gasteiger charge is 2.27. The summed E-state index contributed by atoms with van der Waals surface area (Å²) in [6.07, 6.45) is 0.291. The van der Waals surface area contributed by atoms with Crippen LogP contribution in [-0.4, -0.2) is 13.2 Å². The molecule has 0 N–H and O–H groups in total. The van der Waals surface area contributed by atoms with Crippen LogP contribution in [0.1, 0.15) is 23.6 Å². The van der Waals surface area contributed by atoms with E-state index in [1.807, 2.05) is 25.2 Å². The van der Waals surface area contributed by atoms with Gasteiger partial charge in [0.1, 0.15) is 0 Å². The lowest BCUT2D eigenvalue weighted by atomic mass is 10.0. The lowest BCUT2D eigenvalue weighted by molar-refractivity contribution is 0.219. The molecular formula is C24H21Br2O3PS4. The van der Waals surface area contributed by atoms with Gasteiger partial charge in [0.2, 0.25) is 0 Å². The molecular weight excluding hydrogens is 655 g/mol. The number of halogens is 2. The molecule has 0 spiro atoms. The van der Waals surface area contributed by atoms with Gasteiger partial charge < -0.3 is 9.05 Å². The normalized spacial score (nSPS) is 12.4. The van der Waals surface area contributed by atoms with Gasteiger partial charge in [0.05, 0.1) is 26.9 Å². The number of aryl methyl sites for hydroxylation is 1. The lowest BCUT2D eigenvalue weighted by Crippen LogP contribution is -1.97. The number of rotatable bonds is 8. The fraction of sp³-hybridized carbons (Fsp3) is 0.250. The summed E-state index contributed by atoms with van der Waals surface area (Å²) in [5, 5.41) is 2.51. The van der Waals surface area contributed by atoms with Crippen LogP contribution >= 0.6 is 84.8 Å². The van der Waals surface area contributed by atoms with Crippen LogP contribution in [0.25, 0.3) is 41.1 Å². The summed E-state index contributed by atoms with van der Waals surface area (Å²) < 4.78 is 29.0. The third kappa shape index (κ3) is 4.81. The monoisotopic (exact) mass is 674 g/mol. The standard InChI is InChI=1S/C24H21Br2O3PS4/c1-4-28-30(27,29-5-2)12-14-7-9-18(32-14)22-16-11-20(26)33-23(16)21(17-8-6-13(3)31-17)15-10-19(25)34-24(15)22/h6-11H,4-5,12H2,1-3H3. The van der Waals surface area contributed by atoms with E-state index in [1.54, 1.807) is 34.0 Å². The van der Waals surface area contributed by atoms with E-state index < -0.39 is 7.60 Å². The molecule has 5 rings (SSSR count). The van der Waals surface area contributed by atoms with Gasteiger partial charge in [-0.05, 0) is 89.0 Å². The van der Waals surface area contributed by atoms with Gasteiger partial charge in [-0.25, -0.2) is 0 Å². The van der Waals surface area contributed by atoms with Gasteiger partial charge in [-0.1, -0.05) is 0 Å². The lowest BCUT2D eigenvalue weighted by Gasteiger charge is -2.15. The molecule has 0 unspecified atom stereocenters. The molecule has 10 heteroatoms. The van der Waals surface area contributed by atoms with E-state index in [4.69, 9.17) is 9.05 Å². The molecule has 0 saturated carbocycles. The second kappa shape index (κ2) is 10.2. The minimum atomic E-state index is -3.15. The number of thiophene rings is 4. The van der Waals surface area contributed by atoms with Crippen LogP contribution in [0.3, 0.4) is 0 Å². The molecule has 0 saturated heterocycles. The van der Waals surface area contributed by atoms with Gasteiger partial charge in [0.25, 0.3) is 0 Å². The number of benzene rings is 1. The molecule has 0 aliphatic carbocycles. The Morgan fingerprint density at radius 2 is 1.32 bits per heavy atom. The first-order valence-corrected chi connectivity index (χ1v) is 17.3. The highest BCUT2D eigenvalue weighted by Crippen LogP contribution is 2.55. The largest absolute Gasteiger partial charge is 0.335 e. The second-order valence-corrected chi connectivity index (χ2v) is 17.0. The van der Waals surface area contributed by atoms with Crippen molar-refractivity contribution < 1.29 is 13.6 Å². The van der Waals surface area contributed by atoms with E-state index in [-0.39, 0.29) is 0 Å². The molecule has 0 amide bonds. The van der Waals surface area contributed by atoms with Crippen molar-refractivity contribution in [2.24, 2.45) is 0 Å². The van der Waals surface area contributed by atoms with Crippen LogP contribution in [0, 0.1) is 6.92 Å². The van der Waals surface area contributed by atoms with E-state index in [0.29, 0.717) is 19.4 Å². The van der Waals surface area contributed by atoms with E-state index in [2.05, 4.69) is 75.2 Å². The molecule has 4 aromatic heterocycles. The van der Waals surface area contributed by atoms with Crippen molar-refractivity contribution >= 4 is 105 Å². The first-order valence-electron chi connectivity index (χ1n) is 10.7. The fourth-order valence-electron chi connectivity index (χ4n) is 4.08. The zero-order valence-corrected chi connectivity index (χ0v) is 26.0. The maximum absolute atomic E-state index is 13.1. The molecule has 34 heavy (non-hydrogen) atoms. The number of fused-ring (bicyclic) bond motifs is 2. The predicted octanol–water partition coefficient (Wildman–Crippen LogP) is 11.2. The van der Waals surface area contributed by atoms with Crippen molar-refractivity contribution in [3.05, 3.63) is 53.7 Å². The molecule has 0 aliphatic heterocycles. The Kier molecular flexibility index (Phi) is 7.59. The zero-order valence-electron chi connectivity index (χ0n) is 18.6. The maximum Gasteiger partial charge on any atom is 0.335 e. The third-order valence-electron chi connectivity index (χ3n) is 5.29. The van der Waals surface area contributed by atoms with Crippen molar-refractivity contribution in [2.45, 2.75) is 26.9 Å². The average molecular weight is 676 g/mol. The van der Waals surface area contributed by atoms with E-state index in [0.717, 1.165) is 17.3 Å². The van der Waals surface area contributed by atoms with Crippen LogP contribution in [0.4, 0.5) is 0 Å². The molecule has 5 aromatic rings. The van der Waals surface area contributed by atoms with E-state index in [9.17, 15) is 4.57 Å². The van der Waals surface area contributed by atoms with E-state index >= 15 is 0 Å². The first-order chi connectivity index (χ1) is 16.3. The summed E-state index contributed by atoms with van der Waals surface area (Å²) in [5.41, 5.74) is 2.54. The topological polar surface area (TPSA) is 35.5 Å². The van der Waals surface area contributed by atoms with Gasteiger partial charge in [-0.2, -0.15) is 0 Å². The Labute approximate surface area is 231 Å². The Balaban J connectivity index is 1.70. The summed E-state index contributed by atoms with van der Waals surface area (Å²) >= 11 is 14.5. The molecule has 0 fully saturated rings. The Morgan fingerprint density at radius 1 is 0.794 bits per heavy atom. The predicted molar refractivity (Wildman–Crippen MR) is 159 cm³/mol. The van der Waals surface area contributed by atoms with Crippen LogP contribution in [0.15, 0.2) is 44.0 Å². The third-order valence-corrected chi connectivity index (χ3v) is 13.0. The van der Waals surface area contributed by atoms with Crippen molar-refractivity contribution in [1.29, 1.82) is 0 Å². The molecule has 4 heterocycles. The van der Waals surface area contributed by atoms with Crippen molar-refractivity contribution in [3.8, 4) is 20.9 Å². The fourth-order valence-corrected chi connectivity index (χ4v) is 11.6. The molecule has 0 atom stereocenters. The summed E-state index contributed by atoms with van der Waals surface area (Å²) in [6.45, 7) is 6.58. The highest BCUT2D eigenvalue weighted by molar-refractivity contribution is 9.11. The van der Waals surface area contributed by atoms with Gasteiger partial charge in [0, 0.05) is 50.8 Å². The molecule has 178 valence electrons. The van der Waals surface area contributed by atoms with Crippen molar-refractivity contribution in [3.63, 3.8) is 0 Å². The van der Waals surface area contributed by atoms with E-state index in [1.165, 1.54) is 41.1 Å².